The van der Waals surface area contributed by atoms with Crippen LogP contribution in [0.15, 0.2) is 46.3 Å². The molecule has 3 rings (SSSR count). The Morgan fingerprint density at radius 3 is 2.52 bits per heavy atom. The fourth-order valence-corrected chi connectivity index (χ4v) is 3.84. The molecule has 0 saturated heterocycles. The van der Waals surface area contributed by atoms with Crippen LogP contribution in [-0.2, 0) is 9.59 Å². The molecule has 33 heavy (non-hydrogen) atoms. The molecule has 172 valence electrons. The van der Waals surface area contributed by atoms with Crippen LogP contribution in [-0.4, -0.2) is 32.2 Å². The zero-order valence-electron chi connectivity index (χ0n) is 19.3. The van der Waals surface area contributed by atoms with Crippen LogP contribution in [0.1, 0.15) is 37.0 Å². The lowest BCUT2D eigenvalue weighted by atomic mass is 10.1. The molecule has 1 atom stereocenters. The molecule has 3 aromatic rings. The number of aromatic amines is 1. The number of aromatic nitrogens is 3. The Morgan fingerprint density at radius 1 is 1.06 bits per heavy atom. The monoisotopic (exact) mass is 465 g/mol. The van der Waals surface area contributed by atoms with E-state index in [0.29, 0.717) is 17.7 Å². The predicted molar refractivity (Wildman–Crippen MR) is 132 cm³/mol. The van der Waals surface area contributed by atoms with Gasteiger partial charge in [-0.05, 0) is 57.0 Å². The summed E-state index contributed by atoms with van der Waals surface area (Å²) in [5.74, 6) is -0.371. The number of rotatable bonds is 7. The van der Waals surface area contributed by atoms with Crippen molar-refractivity contribution in [2.75, 3.05) is 10.6 Å². The molecular formula is C24H27N5O3S. The summed E-state index contributed by atoms with van der Waals surface area (Å²) in [6, 6.07) is 11.1. The quantitative estimate of drug-likeness (QED) is 0.450. The van der Waals surface area contributed by atoms with Crippen LogP contribution in [0.3, 0.4) is 0 Å². The fourth-order valence-electron chi connectivity index (χ4n) is 3.09. The molecule has 0 radical (unpaired) electrons. The van der Waals surface area contributed by atoms with Crippen molar-refractivity contribution in [1.82, 2.24) is 15.2 Å². The van der Waals surface area contributed by atoms with E-state index in [1.807, 2.05) is 45.0 Å². The first-order chi connectivity index (χ1) is 15.7. The minimum atomic E-state index is -0.515. The third-order valence-electron chi connectivity index (χ3n) is 5.22. The van der Waals surface area contributed by atoms with Gasteiger partial charge < -0.3 is 10.6 Å². The van der Waals surface area contributed by atoms with E-state index in [0.717, 1.165) is 34.1 Å². The molecule has 0 aliphatic rings. The maximum absolute atomic E-state index is 12.8. The molecule has 0 aliphatic carbocycles. The molecule has 1 heterocycles. The Hall–Kier alpha value is -3.46. The Bertz CT molecular complexity index is 1260. The number of carbonyl (C=O) groups is 2. The van der Waals surface area contributed by atoms with E-state index in [1.54, 1.807) is 26.0 Å². The number of thioether (sulfide) groups is 1. The highest BCUT2D eigenvalue weighted by Gasteiger charge is 2.19. The molecule has 0 bridgehead atoms. The van der Waals surface area contributed by atoms with Crippen molar-refractivity contribution in [1.29, 1.82) is 0 Å². The summed E-state index contributed by atoms with van der Waals surface area (Å²) < 4.78 is 0. The molecule has 0 saturated carbocycles. The van der Waals surface area contributed by atoms with Crippen molar-refractivity contribution in [3.8, 4) is 11.3 Å². The van der Waals surface area contributed by atoms with Gasteiger partial charge in [-0.25, -0.2) is 0 Å². The molecule has 3 N–H and O–H groups in total. The second-order valence-corrected chi connectivity index (χ2v) is 9.08. The van der Waals surface area contributed by atoms with Gasteiger partial charge in [-0.3, -0.25) is 19.4 Å². The second kappa shape index (κ2) is 10.4. The van der Waals surface area contributed by atoms with Gasteiger partial charge in [-0.1, -0.05) is 42.4 Å². The van der Waals surface area contributed by atoms with E-state index in [-0.39, 0.29) is 22.7 Å². The minimum absolute atomic E-state index is 0.0990. The van der Waals surface area contributed by atoms with Gasteiger partial charge in [0.05, 0.1) is 10.9 Å². The number of amides is 2. The highest BCUT2D eigenvalue weighted by atomic mass is 32.2. The summed E-state index contributed by atoms with van der Waals surface area (Å²) >= 11 is 1.11. The molecule has 0 unspecified atom stereocenters. The predicted octanol–water partition coefficient (Wildman–Crippen LogP) is 4.22. The maximum Gasteiger partial charge on any atom is 0.278 e. The number of nitrogens with zero attached hydrogens (tertiary/aromatic N) is 2. The average Bonchev–Trinajstić information content (AvgIpc) is 2.78. The van der Waals surface area contributed by atoms with E-state index in [4.69, 9.17) is 0 Å². The summed E-state index contributed by atoms with van der Waals surface area (Å²) in [6.07, 6.45) is 0.312. The lowest BCUT2D eigenvalue weighted by Gasteiger charge is -2.14. The highest BCUT2D eigenvalue weighted by molar-refractivity contribution is 8.00. The number of hydrogen-bond donors (Lipinski definition) is 3. The summed E-state index contributed by atoms with van der Waals surface area (Å²) in [5.41, 5.74) is 4.39. The van der Waals surface area contributed by atoms with E-state index in [9.17, 15) is 14.4 Å². The van der Waals surface area contributed by atoms with Crippen LogP contribution in [0.4, 0.5) is 11.4 Å². The smallest absolute Gasteiger partial charge is 0.278 e. The van der Waals surface area contributed by atoms with E-state index >= 15 is 0 Å². The summed E-state index contributed by atoms with van der Waals surface area (Å²) in [5, 5.41) is 13.6. The van der Waals surface area contributed by atoms with Gasteiger partial charge in [-0.15, -0.1) is 10.2 Å². The number of nitrogens with one attached hydrogen (secondary N) is 3. The van der Waals surface area contributed by atoms with Crippen LogP contribution in [0, 0.1) is 20.8 Å². The van der Waals surface area contributed by atoms with Gasteiger partial charge in [-0.2, -0.15) is 0 Å². The largest absolute Gasteiger partial charge is 0.325 e. The molecule has 2 amide bonds. The Morgan fingerprint density at radius 2 is 1.82 bits per heavy atom. The molecule has 2 aromatic carbocycles. The first-order valence-corrected chi connectivity index (χ1v) is 11.5. The summed E-state index contributed by atoms with van der Waals surface area (Å²) in [7, 11) is 0. The van der Waals surface area contributed by atoms with Gasteiger partial charge in [0.25, 0.3) is 5.56 Å². The highest BCUT2D eigenvalue weighted by Crippen LogP contribution is 2.27. The van der Waals surface area contributed by atoms with Crippen LogP contribution in [0.2, 0.25) is 0 Å². The van der Waals surface area contributed by atoms with Gasteiger partial charge >= 0.3 is 0 Å². The SMILES string of the molecule is CCC(=O)Nc1ccc(C)cc1-c1nnc(S[C@H](C)C(=O)Nc2cccc(C)c2C)[nH]c1=O. The van der Waals surface area contributed by atoms with Crippen LogP contribution >= 0.6 is 11.8 Å². The van der Waals surface area contributed by atoms with Gasteiger partial charge in [0.15, 0.2) is 10.9 Å². The zero-order chi connectivity index (χ0) is 24.1. The van der Waals surface area contributed by atoms with Gasteiger partial charge in [0, 0.05) is 17.7 Å². The molecule has 0 fully saturated rings. The van der Waals surface area contributed by atoms with Crippen molar-refractivity contribution in [3.05, 3.63) is 63.4 Å². The number of benzene rings is 2. The van der Waals surface area contributed by atoms with Crippen molar-refractivity contribution in [2.45, 2.75) is 51.4 Å². The first kappa shape index (κ1) is 24.2. The first-order valence-electron chi connectivity index (χ1n) is 10.6. The summed E-state index contributed by atoms with van der Waals surface area (Å²) in [4.78, 5) is 40.0. The third-order valence-corrected chi connectivity index (χ3v) is 6.20. The fraction of sp³-hybridized carbons (Fsp3) is 0.292. The van der Waals surface area contributed by atoms with E-state index in [1.165, 1.54) is 0 Å². The molecule has 0 spiro atoms. The number of hydrogen-bond acceptors (Lipinski definition) is 6. The number of H-pyrrole nitrogens is 1. The number of aryl methyl sites for hydroxylation is 2. The molecule has 0 aliphatic heterocycles. The molecule has 9 heteroatoms. The standard InChI is InChI=1S/C24H27N5O3S/c1-6-20(30)25-19-11-10-13(2)12-17(19)21-23(32)27-24(29-28-21)33-16(5)22(31)26-18-9-7-8-14(3)15(18)4/h7-12,16H,6H2,1-5H3,(H,25,30)(H,26,31)(H,27,29,32)/t16-/m1/s1. The van der Waals surface area contributed by atoms with Gasteiger partial charge in [0.2, 0.25) is 11.8 Å². The van der Waals surface area contributed by atoms with Crippen molar-refractivity contribution >= 4 is 35.0 Å². The Kier molecular flexibility index (Phi) is 7.65. The lowest BCUT2D eigenvalue weighted by Crippen LogP contribution is -2.24. The second-order valence-electron chi connectivity index (χ2n) is 7.76. The average molecular weight is 466 g/mol. The molecular weight excluding hydrogens is 438 g/mol. The number of anilines is 2. The van der Waals surface area contributed by atoms with E-state index in [2.05, 4.69) is 25.8 Å². The van der Waals surface area contributed by atoms with Crippen LogP contribution < -0.4 is 16.2 Å². The minimum Gasteiger partial charge on any atom is -0.325 e. The lowest BCUT2D eigenvalue weighted by molar-refractivity contribution is -0.116. The molecule has 1 aromatic heterocycles. The Balaban J connectivity index is 1.79. The van der Waals surface area contributed by atoms with Crippen LogP contribution in [0.25, 0.3) is 11.3 Å². The van der Waals surface area contributed by atoms with Crippen LogP contribution in [0.5, 0.6) is 0 Å². The van der Waals surface area contributed by atoms with E-state index < -0.39 is 10.8 Å². The topological polar surface area (TPSA) is 117 Å². The molecule has 8 nitrogen and oxygen atoms in total. The van der Waals surface area contributed by atoms with Crippen molar-refractivity contribution < 1.29 is 9.59 Å². The number of carbonyl (C=O) groups excluding carboxylic acids is 2. The summed E-state index contributed by atoms with van der Waals surface area (Å²) in [6.45, 7) is 9.31. The van der Waals surface area contributed by atoms with Crippen molar-refractivity contribution in [3.63, 3.8) is 0 Å². The van der Waals surface area contributed by atoms with Gasteiger partial charge in [0.1, 0.15) is 0 Å². The normalized spacial score (nSPS) is 11.7. The zero-order valence-corrected chi connectivity index (χ0v) is 20.1. The maximum atomic E-state index is 12.8. The van der Waals surface area contributed by atoms with Crippen molar-refractivity contribution in [2.24, 2.45) is 0 Å². The third kappa shape index (κ3) is 5.87. The Labute approximate surface area is 196 Å².